The van der Waals surface area contributed by atoms with E-state index in [0.717, 1.165) is 55.2 Å². The first-order valence-electron chi connectivity index (χ1n) is 9.60. The molecule has 2 aromatic rings. The first-order chi connectivity index (χ1) is 14.5. The van der Waals surface area contributed by atoms with Crippen LogP contribution in [0.5, 0.6) is 0 Å². The molecule has 0 amide bonds. The van der Waals surface area contributed by atoms with Crippen molar-refractivity contribution in [3.05, 3.63) is 55.5 Å². The summed E-state index contributed by atoms with van der Waals surface area (Å²) in [7, 11) is 0. The number of anilines is 3. The minimum Gasteiger partial charge on any atom is -0.398 e. The second-order valence-electron chi connectivity index (χ2n) is 6.80. The predicted molar refractivity (Wildman–Crippen MR) is 125 cm³/mol. The Hall–Kier alpha value is -1.88. The molecule has 10 heteroatoms. The summed E-state index contributed by atoms with van der Waals surface area (Å²) in [5.74, 6) is 0. The van der Waals surface area contributed by atoms with Crippen LogP contribution in [0.4, 0.5) is 22.7 Å². The first-order valence-corrected chi connectivity index (χ1v) is 11.2. The highest BCUT2D eigenvalue weighted by atomic mass is 79.9. The Labute approximate surface area is 192 Å². The molecule has 8 nitrogen and oxygen atoms in total. The molecule has 0 aromatic heterocycles. The summed E-state index contributed by atoms with van der Waals surface area (Å²) in [6, 6.07) is 11.1. The quantitative estimate of drug-likeness (QED) is 0.354. The van der Waals surface area contributed by atoms with Crippen molar-refractivity contribution in [2.75, 3.05) is 68.1 Å². The van der Waals surface area contributed by atoms with Gasteiger partial charge in [0.05, 0.1) is 35.8 Å². The molecule has 0 atom stereocenters. The van der Waals surface area contributed by atoms with Crippen molar-refractivity contribution in [1.29, 1.82) is 0 Å². The normalized spacial score (nSPS) is 16.6. The summed E-state index contributed by atoms with van der Waals surface area (Å²) < 4.78 is 12.0. The van der Waals surface area contributed by atoms with Crippen molar-refractivity contribution < 1.29 is 14.4 Å². The highest BCUT2D eigenvalue weighted by molar-refractivity contribution is 9.11. The van der Waals surface area contributed by atoms with E-state index in [2.05, 4.69) is 47.7 Å². The number of morpholine rings is 2. The van der Waals surface area contributed by atoms with Crippen LogP contribution in [-0.4, -0.2) is 57.5 Å². The minimum absolute atomic E-state index is 0.0945. The summed E-state index contributed by atoms with van der Waals surface area (Å²) >= 11 is 6.64. The number of benzene rings is 2. The molecule has 2 heterocycles. The van der Waals surface area contributed by atoms with E-state index in [-0.39, 0.29) is 5.69 Å². The molecule has 2 aliphatic heterocycles. The number of ether oxygens (including phenoxy) is 2. The zero-order chi connectivity index (χ0) is 21.5. The Morgan fingerprint density at radius 1 is 0.833 bits per heavy atom. The van der Waals surface area contributed by atoms with Crippen LogP contribution in [0.2, 0.25) is 0 Å². The lowest BCUT2D eigenvalue weighted by Crippen LogP contribution is -2.36. The van der Waals surface area contributed by atoms with Gasteiger partial charge in [-0.1, -0.05) is 0 Å². The van der Waals surface area contributed by atoms with Gasteiger partial charge in [-0.15, -0.1) is 0 Å². The van der Waals surface area contributed by atoms with Crippen molar-refractivity contribution >= 4 is 54.6 Å². The molecule has 2 N–H and O–H groups in total. The van der Waals surface area contributed by atoms with Gasteiger partial charge in [0.2, 0.25) is 0 Å². The van der Waals surface area contributed by atoms with Gasteiger partial charge in [0, 0.05) is 53.8 Å². The minimum atomic E-state index is -0.396. The van der Waals surface area contributed by atoms with Crippen LogP contribution in [0.25, 0.3) is 0 Å². The van der Waals surface area contributed by atoms with Crippen LogP contribution in [0.15, 0.2) is 45.3 Å². The van der Waals surface area contributed by atoms with E-state index in [1.165, 1.54) is 11.8 Å². The lowest BCUT2D eigenvalue weighted by molar-refractivity contribution is -0.385. The number of halogens is 2. The Bertz CT molecular complexity index is 872. The van der Waals surface area contributed by atoms with Crippen LogP contribution in [0.1, 0.15) is 0 Å². The standard InChI is InChI=1S/C10H11BrN2O3.C10H13BrN2O/c11-9-7-8(1-2-10(9)13(14)15)12-3-5-16-6-4-12;11-9-7-8(1-2-10(9)12)13-3-5-14-6-4-13/h1-2,7H,3-6H2;1-2,7H,3-6,12H2. The predicted octanol–water partition coefficient (Wildman–Crippen LogP) is 4.06. The third-order valence-electron chi connectivity index (χ3n) is 4.86. The van der Waals surface area contributed by atoms with Crippen LogP contribution in [-0.2, 0) is 9.47 Å². The van der Waals surface area contributed by atoms with Crippen LogP contribution >= 0.6 is 31.9 Å². The van der Waals surface area contributed by atoms with E-state index in [4.69, 9.17) is 15.2 Å². The third-order valence-corrected chi connectivity index (χ3v) is 6.19. The summed E-state index contributed by atoms with van der Waals surface area (Å²) in [4.78, 5) is 14.7. The van der Waals surface area contributed by atoms with Gasteiger partial charge < -0.3 is 25.0 Å². The number of hydrogen-bond donors (Lipinski definition) is 1. The van der Waals surface area contributed by atoms with Crippen molar-refractivity contribution in [1.82, 2.24) is 0 Å². The van der Waals surface area contributed by atoms with Gasteiger partial charge >= 0.3 is 0 Å². The van der Waals surface area contributed by atoms with E-state index < -0.39 is 4.92 Å². The maximum absolute atomic E-state index is 10.7. The molecule has 30 heavy (non-hydrogen) atoms. The molecule has 4 rings (SSSR count). The van der Waals surface area contributed by atoms with Crippen molar-refractivity contribution in [2.45, 2.75) is 0 Å². The van der Waals surface area contributed by atoms with E-state index >= 15 is 0 Å². The maximum atomic E-state index is 10.7. The molecule has 2 aliphatic rings. The zero-order valence-electron chi connectivity index (χ0n) is 16.4. The Morgan fingerprint density at radius 2 is 1.30 bits per heavy atom. The molecule has 0 radical (unpaired) electrons. The maximum Gasteiger partial charge on any atom is 0.283 e. The molecule has 2 fully saturated rings. The van der Waals surface area contributed by atoms with Gasteiger partial charge in [-0.3, -0.25) is 10.1 Å². The average molecular weight is 544 g/mol. The lowest BCUT2D eigenvalue weighted by atomic mass is 10.2. The smallest absolute Gasteiger partial charge is 0.283 e. The molecule has 2 saturated heterocycles. The Balaban J connectivity index is 0.000000172. The van der Waals surface area contributed by atoms with Crippen molar-refractivity contribution in [3.63, 3.8) is 0 Å². The first kappa shape index (κ1) is 22.8. The number of rotatable bonds is 3. The lowest BCUT2D eigenvalue weighted by Gasteiger charge is -2.29. The SMILES string of the molecule is Nc1ccc(N2CCOCC2)cc1Br.O=[N+]([O-])c1ccc(N2CCOCC2)cc1Br. The molecule has 0 bridgehead atoms. The number of nitrogens with two attached hydrogens (primary N) is 1. The number of nitrogens with zero attached hydrogens (tertiary/aromatic N) is 3. The monoisotopic (exact) mass is 542 g/mol. The summed E-state index contributed by atoms with van der Waals surface area (Å²) in [6.07, 6.45) is 0. The second kappa shape index (κ2) is 10.9. The summed E-state index contributed by atoms with van der Waals surface area (Å²) in [5, 5.41) is 10.7. The largest absolute Gasteiger partial charge is 0.398 e. The molecular formula is C20H24Br2N4O4. The van der Waals surface area contributed by atoms with Crippen molar-refractivity contribution in [3.8, 4) is 0 Å². The number of nitrogen functional groups attached to an aromatic ring is 1. The van der Waals surface area contributed by atoms with Gasteiger partial charge in [-0.05, 0) is 62.2 Å². The molecule has 0 unspecified atom stereocenters. The average Bonchev–Trinajstić information content (AvgIpc) is 2.77. The van der Waals surface area contributed by atoms with Crippen LogP contribution < -0.4 is 15.5 Å². The van der Waals surface area contributed by atoms with Crippen LogP contribution in [0, 0.1) is 10.1 Å². The number of nitro groups is 1. The van der Waals surface area contributed by atoms with Gasteiger partial charge in [0.15, 0.2) is 0 Å². The van der Waals surface area contributed by atoms with E-state index in [9.17, 15) is 10.1 Å². The van der Waals surface area contributed by atoms with Gasteiger partial charge in [0.1, 0.15) is 0 Å². The number of nitro benzene ring substituents is 1. The highest BCUT2D eigenvalue weighted by Gasteiger charge is 2.16. The number of hydrogen-bond acceptors (Lipinski definition) is 7. The molecule has 0 spiro atoms. The Kier molecular flexibility index (Phi) is 8.32. The molecule has 2 aromatic carbocycles. The molecule has 162 valence electrons. The van der Waals surface area contributed by atoms with E-state index in [0.29, 0.717) is 17.7 Å². The topological polar surface area (TPSA) is 94.1 Å². The summed E-state index contributed by atoms with van der Waals surface area (Å²) in [5.41, 5.74) is 8.79. The molecule has 0 aliphatic carbocycles. The molecule has 0 saturated carbocycles. The fourth-order valence-electron chi connectivity index (χ4n) is 3.20. The van der Waals surface area contributed by atoms with E-state index in [1.54, 1.807) is 12.1 Å². The molecular weight excluding hydrogens is 520 g/mol. The third kappa shape index (κ3) is 6.07. The summed E-state index contributed by atoms with van der Waals surface area (Å²) in [6.45, 7) is 6.58. The fraction of sp³-hybridized carbons (Fsp3) is 0.400. The van der Waals surface area contributed by atoms with Gasteiger partial charge in [-0.2, -0.15) is 0 Å². The van der Waals surface area contributed by atoms with E-state index in [1.807, 2.05) is 12.1 Å². The van der Waals surface area contributed by atoms with Gasteiger partial charge in [-0.25, -0.2) is 0 Å². The fourth-order valence-corrected chi connectivity index (χ4v) is 4.07. The Morgan fingerprint density at radius 3 is 1.73 bits per heavy atom. The van der Waals surface area contributed by atoms with Crippen molar-refractivity contribution in [2.24, 2.45) is 0 Å². The zero-order valence-corrected chi connectivity index (χ0v) is 19.6. The highest BCUT2D eigenvalue weighted by Crippen LogP contribution is 2.30. The van der Waals surface area contributed by atoms with Gasteiger partial charge in [0.25, 0.3) is 5.69 Å². The second-order valence-corrected chi connectivity index (χ2v) is 8.51. The van der Waals surface area contributed by atoms with Crippen LogP contribution in [0.3, 0.4) is 0 Å².